The molecule has 0 aliphatic carbocycles. The van der Waals surface area contributed by atoms with Crippen LogP contribution >= 0.6 is 0 Å². The van der Waals surface area contributed by atoms with Crippen LogP contribution in [0.15, 0.2) is 48.8 Å². The molecule has 0 fully saturated rings. The van der Waals surface area contributed by atoms with E-state index in [0.29, 0.717) is 12.1 Å². The SMILES string of the molecule is CC(N)C(c1cccnc1)N(C)Cc1ccccc1F. The maximum Gasteiger partial charge on any atom is 0.127 e. The number of benzene rings is 1. The van der Waals surface area contributed by atoms with E-state index in [1.165, 1.54) is 6.07 Å². The lowest BCUT2D eigenvalue weighted by atomic mass is 10.0. The Morgan fingerprint density at radius 2 is 2.00 bits per heavy atom. The zero-order valence-electron chi connectivity index (χ0n) is 11.8. The van der Waals surface area contributed by atoms with E-state index in [1.807, 2.05) is 38.4 Å². The molecule has 2 atom stereocenters. The number of rotatable bonds is 5. The van der Waals surface area contributed by atoms with Crippen LogP contribution in [0.4, 0.5) is 4.39 Å². The number of hydrogen-bond donors (Lipinski definition) is 1. The van der Waals surface area contributed by atoms with Gasteiger partial charge < -0.3 is 5.73 Å². The molecule has 1 aromatic heterocycles. The molecule has 2 N–H and O–H groups in total. The molecule has 0 radical (unpaired) electrons. The molecule has 0 aliphatic rings. The second-order valence-electron chi connectivity index (χ2n) is 5.10. The molecule has 4 heteroatoms. The standard InChI is InChI=1S/C16H20FN3/c1-12(18)16(13-7-5-9-19-10-13)20(2)11-14-6-3-4-8-15(14)17/h3-10,12,16H,11,18H2,1-2H3. The molecule has 2 rings (SSSR count). The highest BCUT2D eigenvalue weighted by molar-refractivity contribution is 5.19. The predicted molar refractivity (Wildman–Crippen MR) is 78.5 cm³/mol. The Bertz CT molecular complexity index is 542. The van der Waals surface area contributed by atoms with Gasteiger partial charge in [0.25, 0.3) is 0 Å². The van der Waals surface area contributed by atoms with Gasteiger partial charge in [0.1, 0.15) is 5.82 Å². The smallest absolute Gasteiger partial charge is 0.127 e. The van der Waals surface area contributed by atoms with Crippen LogP contribution in [0.2, 0.25) is 0 Å². The van der Waals surface area contributed by atoms with Crippen LogP contribution < -0.4 is 5.73 Å². The maximum absolute atomic E-state index is 13.7. The van der Waals surface area contributed by atoms with Gasteiger partial charge in [-0.2, -0.15) is 0 Å². The van der Waals surface area contributed by atoms with Gasteiger partial charge >= 0.3 is 0 Å². The second kappa shape index (κ2) is 6.59. The molecule has 0 aliphatic heterocycles. The van der Waals surface area contributed by atoms with Crippen molar-refractivity contribution in [2.24, 2.45) is 5.73 Å². The van der Waals surface area contributed by atoms with Crippen LogP contribution in [0.1, 0.15) is 24.1 Å². The van der Waals surface area contributed by atoms with E-state index in [-0.39, 0.29) is 17.9 Å². The highest BCUT2D eigenvalue weighted by Gasteiger charge is 2.22. The molecular weight excluding hydrogens is 253 g/mol. The summed E-state index contributed by atoms with van der Waals surface area (Å²) in [5, 5.41) is 0. The summed E-state index contributed by atoms with van der Waals surface area (Å²) in [5.41, 5.74) is 7.81. The summed E-state index contributed by atoms with van der Waals surface area (Å²) in [7, 11) is 1.95. The van der Waals surface area contributed by atoms with Crippen molar-refractivity contribution in [3.63, 3.8) is 0 Å². The summed E-state index contributed by atoms with van der Waals surface area (Å²) in [5.74, 6) is -0.186. The van der Waals surface area contributed by atoms with Crippen LogP contribution in [0.5, 0.6) is 0 Å². The summed E-state index contributed by atoms with van der Waals surface area (Å²) in [6.45, 7) is 2.46. The summed E-state index contributed by atoms with van der Waals surface area (Å²) in [4.78, 5) is 6.19. The van der Waals surface area contributed by atoms with Crippen molar-refractivity contribution in [2.45, 2.75) is 25.6 Å². The minimum absolute atomic E-state index is 0.00306. The number of pyridine rings is 1. The van der Waals surface area contributed by atoms with Crippen molar-refractivity contribution in [2.75, 3.05) is 7.05 Å². The lowest BCUT2D eigenvalue weighted by molar-refractivity contribution is 0.208. The Labute approximate surface area is 119 Å². The lowest BCUT2D eigenvalue weighted by Gasteiger charge is -2.31. The first-order valence-electron chi connectivity index (χ1n) is 6.68. The molecule has 1 heterocycles. The minimum atomic E-state index is -0.186. The van der Waals surface area contributed by atoms with Crippen LogP contribution in [0.3, 0.4) is 0 Å². The Balaban J connectivity index is 2.20. The molecule has 0 saturated heterocycles. The third-order valence-corrected chi connectivity index (χ3v) is 3.38. The average Bonchev–Trinajstić information content (AvgIpc) is 2.42. The van der Waals surface area contributed by atoms with Crippen LogP contribution in [0.25, 0.3) is 0 Å². The van der Waals surface area contributed by atoms with Crippen LogP contribution in [-0.4, -0.2) is 23.0 Å². The zero-order valence-corrected chi connectivity index (χ0v) is 11.8. The van der Waals surface area contributed by atoms with Gasteiger partial charge in [0, 0.05) is 30.5 Å². The van der Waals surface area contributed by atoms with Crippen LogP contribution in [-0.2, 0) is 6.54 Å². The minimum Gasteiger partial charge on any atom is -0.326 e. The fraction of sp³-hybridized carbons (Fsp3) is 0.312. The summed E-state index contributed by atoms with van der Waals surface area (Å²) >= 11 is 0. The number of nitrogens with two attached hydrogens (primary N) is 1. The fourth-order valence-electron chi connectivity index (χ4n) is 2.50. The second-order valence-corrected chi connectivity index (χ2v) is 5.10. The van der Waals surface area contributed by atoms with E-state index >= 15 is 0 Å². The summed E-state index contributed by atoms with van der Waals surface area (Å²) < 4.78 is 13.7. The molecule has 2 unspecified atom stereocenters. The highest BCUT2D eigenvalue weighted by Crippen LogP contribution is 2.23. The van der Waals surface area contributed by atoms with Crippen molar-refractivity contribution in [1.82, 2.24) is 9.88 Å². The van der Waals surface area contributed by atoms with E-state index in [4.69, 9.17) is 5.73 Å². The van der Waals surface area contributed by atoms with Crippen molar-refractivity contribution < 1.29 is 4.39 Å². The molecule has 0 saturated carbocycles. The lowest BCUT2D eigenvalue weighted by Crippen LogP contribution is -2.37. The first-order chi connectivity index (χ1) is 9.59. The first kappa shape index (κ1) is 14.6. The van der Waals surface area contributed by atoms with E-state index in [0.717, 1.165) is 5.56 Å². The van der Waals surface area contributed by atoms with E-state index < -0.39 is 0 Å². The van der Waals surface area contributed by atoms with Gasteiger partial charge in [-0.25, -0.2) is 4.39 Å². The number of halogens is 1. The zero-order chi connectivity index (χ0) is 14.5. The van der Waals surface area contributed by atoms with Gasteiger partial charge in [-0.3, -0.25) is 9.88 Å². The van der Waals surface area contributed by atoms with Crippen molar-refractivity contribution in [3.05, 3.63) is 65.7 Å². The third-order valence-electron chi connectivity index (χ3n) is 3.38. The third kappa shape index (κ3) is 3.40. The molecule has 20 heavy (non-hydrogen) atoms. The molecule has 106 valence electrons. The maximum atomic E-state index is 13.7. The van der Waals surface area contributed by atoms with Crippen LogP contribution in [0, 0.1) is 5.82 Å². The Morgan fingerprint density at radius 3 is 2.60 bits per heavy atom. The molecular formula is C16H20FN3. The van der Waals surface area contributed by atoms with Crippen molar-refractivity contribution in [3.8, 4) is 0 Å². The normalized spacial score (nSPS) is 14.2. The number of aromatic nitrogens is 1. The highest BCUT2D eigenvalue weighted by atomic mass is 19.1. The molecule has 0 bridgehead atoms. The summed E-state index contributed by atoms with van der Waals surface area (Å²) in [6, 6.07) is 10.6. The molecule has 0 amide bonds. The Hall–Kier alpha value is -1.78. The van der Waals surface area contributed by atoms with Gasteiger partial charge in [0.2, 0.25) is 0 Å². The average molecular weight is 273 g/mol. The first-order valence-corrected chi connectivity index (χ1v) is 6.68. The topological polar surface area (TPSA) is 42.1 Å². The largest absolute Gasteiger partial charge is 0.326 e. The summed E-state index contributed by atoms with van der Waals surface area (Å²) in [6.07, 6.45) is 3.55. The van der Waals surface area contributed by atoms with E-state index in [2.05, 4.69) is 9.88 Å². The van der Waals surface area contributed by atoms with Crippen molar-refractivity contribution >= 4 is 0 Å². The van der Waals surface area contributed by atoms with E-state index in [1.54, 1.807) is 18.3 Å². The van der Waals surface area contributed by atoms with Gasteiger partial charge in [-0.1, -0.05) is 24.3 Å². The Morgan fingerprint density at radius 1 is 1.25 bits per heavy atom. The number of hydrogen-bond acceptors (Lipinski definition) is 3. The van der Waals surface area contributed by atoms with E-state index in [9.17, 15) is 4.39 Å². The Kier molecular flexibility index (Phi) is 4.82. The molecule has 1 aromatic carbocycles. The molecule has 2 aromatic rings. The van der Waals surface area contributed by atoms with Gasteiger partial charge in [-0.15, -0.1) is 0 Å². The number of nitrogens with zero attached hydrogens (tertiary/aromatic N) is 2. The monoisotopic (exact) mass is 273 g/mol. The predicted octanol–water partition coefficient (Wildman–Crippen LogP) is 2.74. The van der Waals surface area contributed by atoms with Gasteiger partial charge in [-0.05, 0) is 31.7 Å². The van der Waals surface area contributed by atoms with Gasteiger partial charge in [0.15, 0.2) is 0 Å². The van der Waals surface area contributed by atoms with Crippen molar-refractivity contribution in [1.29, 1.82) is 0 Å². The fourth-order valence-corrected chi connectivity index (χ4v) is 2.50. The quantitative estimate of drug-likeness (QED) is 0.911. The van der Waals surface area contributed by atoms with Gasteiger partial charge in [0.05, 0.1) is 6.04 Å². The molecule has 0 spiro atoms. The number of likely N-dealkylation sites (N-methyl/N-ethyl adjacent to an activating group) is 1. The molecule has 3 nitrogen and oxygen atoms in total.